The van der Waals surface area contributed by atoms with E-state index in [0.29, 0.717) is 12.0 Å². The van der Waals surface area contributed by atoms with Gasteiger partial charge in [0.2, 0.25) is 5.95 Å². The summed E-state index contributed by atoms with van der Waals surface area (Å²) in [5.41, 5.74) is 2.58. The lowest BCUT2D eigenvalue weighted by molar-refractivity contribution is 0.122. The van der Waals surface area contributed by atoms with Crippen molar-refractivity contribution in [2.45, 2.75) is 31.7 Å². The summed E-state index contributed by atoms with van der Waals surface area (Å²) < 4.78 is 5.43. The van der Waals surface area contributed by atoms with E-state index in [4.69, 9.17) is 9.72 Å². The lowest BCUT2D eigenvalue weighted by Gasteiger charge is -2.28. The maximum atomic E-state index is 5.43. The number of aryl methyl sites for hydroxylation is 1. The molecule has 27 heavy (non-hydrogen) atoms. The van der Waals surface area contributed by atoms with E-state index < -0.39 is 0 Å². The van der Waals surface area contributed by atoms with E-state index in [1.807, 2.05) is 12.3 Å². The van der Waals surface area contributed by atoms with Crippen LogP contribution in [0.2, 0.25) is 0 Å². The van der Waals surface area contributed by atoms with Crippen molar-refractivity contribution in [3.05, 3.63) is 29.8 Å². The highest BCUT2D eigenvalue weighted by Crippen LogP contribution is 2.30. The number of anilines is 3. The zero-order valence-corrected chi connectivity index (χ0v) is 15.5. The highest BCUT2D eigenvalue weighted by Gasteiger charge is 2.28. The van der Waals surface area contributed by atoms with Crippen LogP contribution in [0.4, 0.5) is 17.6 Å². The van der Waals surface area contributed by atoms with E-state index >= 15 is 0 Å². The van der Waals surface area contributed by atoms with Crippen molar-refractivity contribution >= 4 is 17.6 Å². The fourth-order valence-corrected chi connectivity index (χ4v) is 4.26. The van der Waals surface area contributed by atoms with Crippen molar-refractivity contribution in [2.24, 2.45) is 0 Å². The lowest BCUT2D eigenvalue weighted by atomic mass is 10.2. The normalized spacial score (nSPS) is 22.1. The van der Waals surface area contributed by atoms with Crippen molar-refractivity contribution in [1.29, 1.82) is 0 Å². The number of hydrogen-bond acceptors (Lipinski definition) is 8. The van der Waals surface area contributed by atoms with Gasteiger partial charge in [0.15, 0.2) is 0 Å². The third-order valence-corrected chi connectivity index (χ3v) is 5.65. The van der Waals surface area contributed by atoms with E-state index in [9.17, 15) is 0 Å². The summed E-state index contributed by atoms with van der Waals surface area (Å²) in [7, 11) is 0. The van der Waals surface area contributed by atoms with Gasteiger partial charge in [-0.15, -0.1) is 0 Å². The molecular formula is C19H25N7O. The monoisotopic (exact) mass is 367 g/mol. The van der Waals surface area contributed by atoms with E-state index in [1.54, 1.807) is 6.33 Å². The zero-order valence-electron chi connectivity index (χ0n) is 15.5. The largest absolute Gasteiger partial charge is 0.378 e. The average Bonchev–Trinajstić information content (AvgIpc) is 3.38. The summed E-state index contributed by atoms with van der Waals surface area (Å²) in [6.45, 7) is 5.21. The van der Waals surface area contributed by atoms with Gasteiger partial charge in [0.1, 0.15) is 18.0 Å². The molecule has 5 rings (SSSR count). The molecule has 0 spiro atoms. The SMILES string of the molecule is c1cc(N2CCOCC2)nc(NC2CCN(c3ncnc4c3CCC4)C2)n1. The van der Waals surface area contributed by atoms with Crippen molar-refractivity contribution in [2.75, 3.05) is 54.5 Å². The molecule has 8 nitrogen and oxygen atoms in total. The van der Waals surface area contributed by atoms with Crippen molar-refractivity contribution in [1.82, 2.24) is 19.9 Å². The molecule has 2 aliphatic heterocycles. The summed E-state index contributed by atoms with van der Waals surface area (Å²) in [4.78, 5) is 22.8. The summed E-state index contributed by atoms with van der Waals surface area (Å²) in [5.74, 6) is 2.81. The van der Waals surface area contributed by atoms with E-state index in [1.165, 1.54) is 17.7 Å². The van der Waals surface area contributed by atoms with Crippen LogP contribution in [-0.2, 0) is 17.6 Å². The first kappa shape index (κ1) is 16.7. The van der Waals surface area contributed by atoms with Crippen LogP contribution in [0.25, 0.3) is 0 Å². The second kappa shape index (κ2) is 7.26. The minimum absolute atomic E-state index is 0.331. The Morgan fingerprint density at radius 2 is 1.96 bits per heavy atom. The van der Waals surface area contributed by atoms with Gasteiger partial charge in [-0.3, -0.25) is 0 Å². The molecule has 2 aromatic heterocycles. The van der Waals surface area contributed by atoms with Gasteiger partial charge >= 0.3 is 0 Å². The van der Waals surface area contributed by atoms with E-state index in [2.05, 4.69) is 30.1 Å². The van der Waals surface area contributed by atoms with Gasteiger partial charge in [0.25, 0.3) is 0 Å². The van der Waals surface area contributed by atoms with Crippen LogP contribution >= 0.6 is 0 Å². The van der Waals surface area contributed by atoms with Gasteiger partial charge < -0.3 is 19.9 Å². The fourth-order valence-electron chi connectivity index (χ4n) is 4.26. The predicted octanol–water partition coefficient (Wildman–Crippen LogP) is 1.28. The molecule has 2 fully saturated rings. The number of morpholine rings is 1. The fraction of sp³-hybridized carbons (Fsp3) is 0.579. The standard InChI is InChI=1S/C19H25N7O/c1-2-15-16(3-1)21-13-22-18(15)26-7-5-14(12-26)23-19-20-6-4-17(24-19)25-8-10-27-11-9-25/h4,6,13-14H,1-3,5,7-12H2,(H,20,23,24). The summed E-state index contributed by atoms with van der Waals surface area (Å²) in [6.07, 6.45) is 8.00. The molecule has 2 saturated heterocycles. The van der Waals surface area contributed by atoms with Gasteiger partial charge in [0.05, 0.1) is 13.2 Å². The number of aromatic nitrogens is 4. The number of nitrogens with zero attached hydrogens (tertiary/aromatic N) is 6. The zero-order chi connectivity index (χ0) is 18.1. The first-order valence-electron chi connectivity index (χ1n) is 9.87. The van der Waals surface area contributed by atoms with E-state index in [-0.39, 0.29) is 0 Å². The topological polar surface area (TPSA) is 79.3 Å². The van der Waals surface area contributed by atoms with Crippen molar-refractivity contribution in [3.63, 3.8) is 0 Å². The summed E-state index contributed by atoms with van der Waals surface area (Å²) >= 11 is 0. The third kappa shape index (κ3) is 3.41. The Balaban J connectivity index is 1.26. The number of fused-ring (bicyclic) bond motifs is 1. The molecule has 0 bridgehead atoms. The number of ether oxygens (including phenoxy) is 1. The first-order valence-corrected chi connectivity index (χ1v) is 9.87. The quantitative estimate of drug-likeness (QED) is 0.866. The minimum Gasteiger partial charge on any atom is -0.378 e. The molecule has 4 heterocycles. The smallest absolute Gasteiger partial charge is 0.224 e. The number of rotatable bonds is 4. The van der Waals surface area contributed by atoms with Crippen LogP contribution in [0.15, 0.2) is 18.6 Å². The van der Waals surface area contributed by atoms with Crippen molar-refractivity contribution in [3.8, 4) is 0 Å². The molecule has 1 atom stereocenters. The van der Waals surface area contributed by atoms with Gasteiger partial charge in [-0.25, -0.2) is 15.0 Å². The van der Waals surface area contributed by atoms with Crippen LogP contribution < -0.4 is 15.1 Å². The van der Waals surface area contributed by atoms with Gasteiger partial charge in [-0.1, -0.05) is 0 Å². The van der Waals surface area contributed by atoms with Gasteiger partial charge in [-0.05, 0) is 31.7 Å². The van der Waals surface area contributed by atoms with Crippen LogP contribution in [0.3, 0.4) is 0 Å². The Morgan fingerprint density at radius 3 is 2.89 bits per heavy atom. The molecule has 3 aliphatic rings. The molecule has 142 valence electrons. The Hall–Kier alpha value is -2.48. The molecular weight excluding hydrogens is 342 g/mol. The molecule has 0 amide bonds. The molecule has 8 heteroatoms. The van der Waals surface area contributed by atoms with Crippen LogP contribution in [0.1, 0.15) is 24.1 Å². The highest BCUT2D eigenvalue weighted by atomic mass is 16.5. The number of nitrogens with one attached hydrogen (secondary N) is 1. The number of hydrogen-bond donors (Lipinski definition) is 1. The predicted molar refractivity (Wildman–Crippen MR) is 103 cm³/mol. The maximum absolute atomic E-state index is 5.43. The summed E-state index contributed by atoms with van der Waals surface area (Å²) in [5, 5.41) is 3.52. The van der Waals surface area contributed by atoms with Crippen LogP contribution in [-0.4, -0.2) is 65.4 Å². The van der Waals surface area contributed by atoms with Gasteiger partial charge in [0, 0.05) is 49.7 Å². The average molecular weight is 367 g/mol. The Kier molecular flexibility index (Phi) is 4.49. The Bertz CT molecular complexity index is 808. The van der Waals surface area contributed by atoms with Crippen LogP contribution in [0, 0.1) is 0 Å². The lowest BCUT2D eigenvalue weighted by Crippen LogP contribution is -2.37. The molecule has 1 aliphatic carbocycles. The van der Waals surface area contributed by atoms with Crippen LogP contribution in [0.5, 0.6) is 0 Å². The second-order valence-electron chi connectivity index (χ2n) is 7.39. The van der Waals surface area contributed by atoms with Gasteiger partial charge in [-0.2, -0.15) is 4.98 Å². The maximum Gasteiger partial charge on any atom is 0.224 e. The molecule has 0 aromatic carbocycles. The molecule has 0 radical (unpaired) electrons. The Labute approximate surface area is 159 Å². The third-order valence-electron chi connectivity index (χ3n) is 5.65. The molecule has 2 aromatic rings. The Morgan fingerprint density at radius 1 is 1.04 bits per heavy atom. The second-order valence-corrected chi connectivity index (χ2v) is 7.39. The molecule has 1 N–H and O–H groups in total. The molecule has 1 unspecified atom stereocenters. The van der Waals surface area contributed by atoms with E-state index in [0.717, 1.165) is 70.3 Å². The highest BCUT2D eigenvalue weighted by molar-refractivity contribution is 5.52. The minimum atomic E-state index is 0.331. The first-order chi connectivity index (χ1) is 13.4. The molecule has 0 saturated carbocycles. The summed E-state index contributed by atoms with van der Waals surface area (Å²) in [6, 6.07) is 2.30. The van der Waals surface area contributed by atoms with Crippen molar-refractivity contribution < 1.29 is 4.74 Å².